The van der Waals surface area contributed by atoms with Gasteiger partial charge in [0.15, 0.2) is 0 Å². The smallest absolute Gasteiger partial charge is 0.0674 e. The number of nitrogens with zero attached hydrogens (tertiary/aromatic N) is 1. The van der Waals surface area contributed by atoms with Gasteiger partial charge in [0.1, 0.15) is 0 Å². The van der Waals surface area contributed by atoms with Crippen LogP contribution in [0, 0.1) is 5.41 Å². The molecule has 104 valence electrons. The molecule has 1 N–H and O–H groups in total. The average Bonchev–Trinajstić information content (AvgIpc) is 3.08. The summed E-state index contributed by atoms with van der Waals surface area (Å²) in [6, 6.07) is 0.853. The summed E-state index contributed by atoms with van der Waals surface area (Å²) < 4.78 is 5.66. The Hall–Kier alpha value is -0.120. The van der Waals surface area contributed by atoms with Crippen LogP contribution in [0.5, 0.6) is 0 Å². The lowest BCUT2D eigenvalue weighted by atomic mass is 9.85. The second-order valence-corrected chi connectivity index (χ2v) is 6.78. The van der Waals surface area contributed by atoms with Crippen LogP contribution >= 0.6 is 0 Å². The van der Waals surface area contributed by atoms with Crippen molar-refractivity contribution < 1.29 is 4.74 Å². The van der Waals surface area contributed by atoms with E-state index in [1.165, 1.54) is 51.6 Å². The molecule has 2 saturated carbocycles. The first-order chi connectivity index (χ1) is 8.76. The van der Waals surface area contributed by atoms with Gasteiger partial charge >= 0.3 is 0 Å². The van der Waals surface area contributed by atoms with Crippen LogP contribution in [0.15, 0.2) is 0 Å². The average molecular weight is 252 g/mol. The van der Waals surface area contributed by atoms with E-state index in [4.69, 9.17) is 4.74 Å². The topological polar surface area (TPSA) is 24.5 Å². The fourth-order valence-corrected chi connectivity index (χ4v) is 3.67. The van der Waals surface area contributed by atoms with Gasteiger partial charge in [-0.15, -0.1) is 0 Å². The van der Waals surface area contributed by atoms with Crippen molar-refractivity contribution in [2.24, 2.45) is 5.41 Å². The number of nitrogens with one attached hydrogen (secondary N) is 1. The molecule has 1 atom stereocenters. The van der Waals surface area contributed by atoms with Crippen molar-refractivity contribution in [3.8, 4) is 0 Å². The van der Waals surface area contributed by atoms with Crippen molar-refractivity contribution in [2.75, 3.05) is 32.8 Å². The van der Waals surface area contributed by atoms with Crippen LogP contribution in [0.1, 0.15) is 45.4 Å². The lowest BCUT2D eigenvalue weighted by Crippen LogP contribution is -2.49. The molecule has 0 radical (unpaired) electrons. The van der Waals surface area contributed by atoms with E-state index in [0.717, 1.165) is 25.7 Å². The Kier molecular flexibility index (Phi) is 3.92. The van der Waals surface area contributed by atoms with Gasteiger partial charge in [-0.05, 0) is 38.0 Å². The Morgan fingerprint density at radius 1 is 1.28 bits per heavy atom. The molecule has 3 rings (SSSR count). The molecule has 0 bridgehead atoms. The van der Waals surface area contributed by atoms with Crippen LogP contribution in [0.3, 0.4) is 0 Å². The second kappa shape index (κ2) is 5.48. The summed E-state index contributed by atoms with van der Waals surface area (Å²) in [6.45, 7) is 7.94. The highest BCUT2D eigenvalue weighted by Crippen LogP contribution is 2.39. The molecule has 0 aromatic heterocycles. The third-order valence-electron chi connectivity index (χ3n) is 4.89. The first-order valence-electron chi connectivity index (χ1n) is 7.83. The summed E-state index contributed by atoms with van der Waals surface area (Å²) >= 11 is 0. The third-order valence-corrected chi connectivity index (χ3v) is 4.89. The van der Waals surface area contributed by atoms with Crippen LogP contribution in [0.25, 0.3) is 0 Å². The minimum atomic E-state index is 0.425. The van der Waals surface area contributed by atoms with Crippen LogP contribution in [0.4, 0.5) is 0 Å². The summed E-state index contributed by atoms with van der Waals surface area (Å²) in [4.78, 5) is 2.65. The molecule has 1 heterocycles. The number of hydrogen-bond donors (Lipinski definition) is 1. The largest absolute Gasteiger partial charge is 0.376 e. The normalized spacial score (nSPS) is 32.8. The molecule has 1 saturated heterocycles. The highest BCUT2D eigenvalue weighted by atomic mass is 16.5. The molecular weight excluding hydrogens is 224 g/mol. The highest BCUT2D eigenvalue weighted by Gasteiger charge is 2.37. The van der Waals surface area contributed by atoms with E-state index in [1.54, 1.807) is 0 Å². The molecule has 1 aliphatic heterocycles. The third kappa shape index (κ3) is 3.25. The van der Waals surface area contributed by atoms with E-state index in [-0.39, 0.29) is 0 Å². The maximum atomic E-state index is 5.66. The van der Waals surface area contributed by atoms with Crippen molar-refractivity contribution in [3.05, 3.63) is 0 Å². The molecule has 3 fully saturated rings. The monoisotopic (exact) mass is 252 g/mol. The van der Waals surface area contributed by atoms with Crippen LogP contribution in [-0.2, 0) is 4.74 Å². The molecular formula is C15H28N2O. The molecule has 3 aliphatic rings. The Labute approximate surface area is 111 Å². The van der Waals surface area contributed by atoms with E-state index in [2.05, 4.69) is 17.1 Å². The molecule has 0 aromatic carbocycles. The Balaban J connectivity index is 1.54. The number of ether oxygens (including phenoxy) is 1. The minimum absolute atomic E-state index is 0.425. The standard InChI is InChI=1S/C15H28N2O/c1-13-10-17(8-9-18-13)12-15(6-2-3-7-15)11-16-14-4-5-14/h13-14,16H,2-12H2,1H3. The van der Waals surface area contributed by atoms with Crippen molar-refractivity contribution >= 4 is 0 Å². The van der Waals surface area contributed by atoms with Gasteiger partial charge in [0.05, 0.1) is 12.7 Å². The lowest BCUT2D eigenvalue weighted by molar-refractivity contribution is -0.0319. The zero-order valence-corrected chi connectivity index (χ0v) is 11.8. The van der Waals surface area contributed by atoms with Gasteiger partial charge in [-0.3, -0.25) is 4.90 Å². The Morgan fingerprint density at radius 2 is 2.06 bits per heavy atom. The van der Waals surface area contributed by atoms with Gasteiger partial charge in [-0.1, -0.05) is 12.8 Å². The summed E-state index contributed by atoms with van der Waals surface area (Å²) in [7, 11) is 0. The van der Waals surface area contributed by atoms with Crippen molar-refractivity contribution in [2.45, 2.75) is 57.6 Å². The summed E-state index contributed by atoms with van der Waals surface area (Å²) in [5.41, 5.74) is 0.569. The van der Waals surface area contributed by atoms with Crippen LogP contribution in [-0.4, -0.2) is 49.8 Å². The zero-order chi connectivity index (χ0) is 12.4. The van der Waals surface area contributed by atoms with E-state index >= 15 is 0 Å². The van der Waals surface area contributed by atoms with Gasteiger partial charge in [0.2, 0.25) is 0 Å². The first-order valence-corrected chi connectivity index (χ1v) is 7.83. The lowest BCUT2D eigenvalue weighted by Gasteiger charge is -2.39. The van der Waals surface area contributed by atoms with Crippen molar-refractivity contribution in [3.63, 3.8) is 0 Å². The predicted molar refractivity (Wildman–Crippen MR) is 73.8 cm³/mol. The Bertz CT molecular complexity index is 272. The highest BCUT2D eigenvalue weighted by molar-refractivity contribution is 4.93. The van der Waals surface area contributed by atoms with Gasteiger partial charge in [0, 0.05) is 32.2 Å². The molecule has 1 unspecified atom stereocenters. The van der Waals surface area contributed by atoms with Gasteiger partial charge < -0.3 is 10.1 Å². The summed E-state index contributed by atoms with van der Waals surface area (Å²) in [6.07, 6.45) is 8.97. The number of rotatable bonds is 5. The molecule has 0 amide bonds. The number of morpholine rings is 1. The quantitative estimate of drug-likeness (QED) is 0.810. The SMILES string of the molecule is CC1CN(CC2(CNC3CC3)CCCC2)CCO1. The fourth-order valence-electron chi connectivity index (χ4n) is 3.67. The van der Waals surface area contributed by atoms with E-state index in [9.17, 15) is 0 Å². The van der Waals surface area contributed by atoms with E-state index in [0.29, 0.717) is 11.5 Å². The fraction of sp³-hybridized carbons (Fsp3) is 1.00. The molecule has 0 aromatic rings. The van der Waals surface area contributed by atoms with Crippen molar-refractivity contribution in [1.29, 1.82) is 0 Å². The minimum Gasteiger partial charge on any atom is -0.376 e. The van der Waals surface area contributed by atoms with E-state index in [1.807, 2.05) is 0 Å². The van der Waals surface area contributed by atoms with Crippen molar-refractivity contribution in [1.82, 2.24) is 10.2 Å². The summed E-state index contributed by atoms with van der Waals surface area (Å²) in [5.74, 6) is 0. The molecule has 0 spiro atoms. The van der Waals surface area contributed by atoms with Crippen LogP contribution < -0.4 is 5.32 Å². The maximum Gasteiger partial charge on any atom is 0.0674 e. The summed E-state index contributed by atoms with van der Waals surface area (Å²) in [5, 5.41) is 3.78. The molecule has 3 heteroatoms. The Morgan fingerprint density at radius 3 is 2.72 bits per heavy atom. The van der Waals surface area contributed by atoms with E-state index < -0.39 is 0 Å². The van der Waals surface area contributed by atoms with Gasteiger partial charge in [0.25, 0.3) is 0 Å². The molecule has 18 heavy (non-hydrogen) atoms. The molecule has 3 nitrogen and oxygen atoms in total. The predicted octanol–water partition coefficient (Wildman–Crippen LogP) is 2.02. The molecule has 2 aliphatic carbocycles. The van der Waals surface area contributed by atoms with Crippen LogP contribution in [0.2, 0.25) is 0 Å². The zero-order valence-electron chi connectivity index (χ0n) is 11.8. The number of hydrogen-bond acceptors (Lipinski definition) is 3. The second-order valence-electron chi connectivity index (χ2n) is 6.78. The van der Waals surface area contributed by atoms with Gasteiger partial charge in [-0.2, -0.15) is 0 Å². The maximum absolute atomic E-state index is 5.66. The van der Waals surface area contributed by atoms with Gasteiger partial charge in [-0.25, -0.2) is 0 Å². The first kappa shape index (κ1) is 12.9.